The largest absolute Gasteiger partial charge is 0.417 e. The van der Waals surface area contributed by atoms with Crippen LogP contribution in [0.3, 0.4) is 0 Å². The van der Waals surface area contributed by atoms with Crippen LogP contribution in [0.4, 0.5) is 19.0 Å². The number of nitrogens with one attached hydrogen (secondary N) is 1. The summed E-state index contributed by atoms with van der Waals surface area (Å²) in [5.74, 6) is 4.13. The molecular formula is C14H15F3N2O2. The number of aliphatic hydroxyl groups is 1. The number of anilines is 1. The van der Waals surface area contributed by atoms with Crippen LogP contribution in [0.25, 0.3) is 0 Å². The fourth-order valence-corrected chi connectivity index (χ4v) is 1.24. The third-order valence-corrected chi connectivity index (χ3v) is 2.43. The highest BCUT2D eigenvalue weighted by atomic mass is 19.4. The van der Waals surface area contributed by atoms with Crippen molar-refractivity contribution in [3.63, 3.8) is 0 Å². The van der Waals surface area contributed by atoms with Crippen LogP contribution < -0.4 is 5.32 Å². The van der Waals surface area contributed by atoms with Gasteiger partial charge in [0.1, 0.15) is 12.4 Å². The molecule has 0 bridgehead atoms. The fraction of sp³-hybridized carbons (Fsp3) is 0.429. The Kier molecular flexibility index (Phi) is 4.97. The number of carbonyl (C=O) groups is 1. The number of pyridine rings is 1. The van der Waals surface area contributed by atoms with Crippen molar-refractivity contribution < 1.29 is 23.1 Å². The zero-order valence-electron chi connectivity index (χ0n) is 11.8. The Labute approximate surface area is 120 Å². The van der Waals surface area contributed by atoms with E-state index in [0.29, 0.717) is 6.20 Å². The van der Waals surface area contributed by atoms with Crippen LogP contribution in [0.1, 0.15) is 31.9 Å². The molecule has 21 heavy (non-hydrogen) atoms. The van der Waals surface area contributed by atoms with Crippen LogP contribution in [0.2, 0.25) is 0 Å². The van der Waals surface area contributed by atoms with Gasteiger partial charge in [0.25, 0.3) is 0 Å². The van der Waals surface area contributed by atoms with E-state index in [2.05, 4.69) is 22.1 Å². The minimum Gasteiger partial charge on any atom is -0.384 e. The molecule has 0 unspecified atom stereocenters. The quantitative estimate of drug-likeness (QED) is 0.783. The summed E-state index contributed by atoms with van der Waals surface area (Å²) in [6.45, 7) is 4.46. The molecule has 0 fully saturated rings. The van der Waals surface area contributed by atoms with Gasteiger partial charge in [0.05, 0.1) is 11.1 Å². The van der Waals surface area contributed by atoms with Gasteiger partial charge in [-0.1, -0.05) is 32.6 Å². The van der Waals surface area contributed by atoms with Crippen molar-refractivity contribution in [2.24, 2.45) is 5.41 Å². The fourth-order valence-electron chi connectivity index (χ4n) is 1.24. The van der Waals surface area contributed by atoms with Crippen molar-refractivity contribution >= 4 is 11.7 Å². The Hall–Kier alpha value is -2.07. The average Bonchev–Trinajstić information content (AvgIpc) is 2.35. The zero-order valence-corrected chi connectivity index (χ0v) is 11.8. The van der Waals surface area contributed by atoms with Crippen LogP contribution in [-0.2, 0) is 11.0 Å². The standard InChI is InChI=1S/C14H15F3N2O2/c1-13(2,3)12(21)19-11-9(5-4-6-20)7-10(8-18-11)14(15,16)17/h7-8,20H,6H2,1-3H3,(H,18,19,21). The normalized spacial score (nSPS) is 11.6. The average molecular weight is 300 g/mol. The molecule has 0 aliphatic rings. The van der Waals surface area contributed by atoms with E-state index in [1.54, 1.807) is 20.8 Å². The van der Waals surface area contributed by atoms with Gasteiger partial charge in [0.2, 0.25) is 5.91 Å². The molecule has 0 aliphatic heterocycles. The Balaban J connectivity index is 3.23. The second kappa shape index (κ2) is 6.14. The first-order chi connectivity index (χ1) is 9.55. The molecule has 0 aromatic carbocycles. The summed E-state index contributed by atoms with van der Waals surface area (Å²) in [7, 11) is 0. The topological polar surface area (TPSA) is 62.2 Å². The van der Waals surface area contributed by atoms with Crippen molar-refractivity contribution in [2.75, 3.05) is 11.9 Å². The summed E-state index contributed by atoms with van der Waals surface area (Å²) in [4.78, 5) is 15.5. The number of carbonyl (C=O) groups excluding carboxylic acids is 1. The summed E-state index contributed by atoms with van der Waals surface area (Å²) >= 11 is 0. The van der Waals surface area contributed by atoms with Crippen molar-refractivity contribution in [3.05, 3.63) is 23.4 Å². The van der Waals surface area contributed by atoms with E-state index in [9.17, 15) is 18.0 Å². The molecule has 1 aromatic rings. The van der Waals surface area contributed by atoms with E-state index in [1.165, 1.54) is 0 Å². The molecule has 0 spiro atoms. The van der Waals surface area contributed by atoms with Crippen LogP contribution in [0.15, 0.2) is 12.3 Å². The molecule has 1 aromatic heterocycles. The van der Waals surface area contributed by atoms with Gasteiger partial charge in [0.15, 0.2) is 0 Å². The summed E-state index contributed by atoms with van der Waals surface area (Å²) in [5, 5.41) is 11.1. The Bertz CT molecular complexity index is 593. The van der Waals surface area contributed by atoms with E-state index < -0.39 is 29.7 Å². The number of halogens is 3. The second-order valence-electron chi connectivity index (χ2n) is 5.28. The van der Waals surface area contributed by atoms with Gasteiger partial charge in [-0.25, -0.2) is 4.98 Å². The highest BCUT2D eigenvalue weighted by molar-refractivity contribution is 5.94. The minimum absolute atomic E-state index is 0.0659. The predicted molar refractivity (Wildman–Crippen MR) is 71.3 cm³/mol. The van der Waals surface area contributed by atoms with Crippen molar-refractivity contribution in [2.45, 2.75) is 26.9 Å². The van der Waals surface area contributed by atoms with Crippen LogP contribution in [-0.4, -0.2) is 22.6 Å². The number of hydrogen-bond donors (Lipinski definition) is 2. The highest BCUT2D eigenvalue weighted by Crippen LogP contribution is 2.30. The number of aliphatic hydroxyl groups excluding tert-OH is 1. The Morgan fingerprint density at radius 3 is 2.48 bits per heavy atom. The van der Waals surface area contributed by atoms with Gasteiger partial charge < -0.3 is 10.4 Å². The molecule has 1 amide bonds. The van der Waals surface area contributed by atoms with Crippen LogP contribution in [0, 0.1) is 17.3 Å². The first-order valence-corrected chi connectivity index (χ1v) is 6.04. The first-order valence-electron chi connectivity index (χ1n) is 6.04. The molecular weight excluding hydrogens is 285 g/mol. The number of nitrogens with zero attached hydrogens (tertiary/aromatic N) is 1. The molecule has 0 saturated heterocycles. The molecule has 1 rings (SSSR count). The number of hydrogen-bond acceptors (Lipinski definition) is 3. The van der Waals surface area contributed by atoms with E-state index in [-0.39, 0.29) is 11.4 Å². The van der Waals surface area contributed by atoms with E-state index in [0.717, 1.165) is 6.07 Å². The van der Waals surface area contributed by atoms with Gasteiger partial charge in [-0.15, -0.1) is 0 Å². The van der Waals surface area contributed by atoms with Gasteiger partial charge >= 0.3 is 6.18 Å². The maximum atomic E-state index is 12.6. The lowest BCUT2D eigenvalue weighted by Gasteiger charge is -2.18. The van der Waals surface area contributed by atoms with E-state index in [4.69, 9.17) is 5.11 Å². The third kappa shape index (κ3) is 4.76. The SMILES string of the molecule is CC(C)(C)C(=O)Nc1ncc(C(F)(F)F)cc1C#CCO. The second-order valence-corrected chi connectivity index (χ2v) is 5.28. The molecule has 1 heterocycles. The monoisotopic (exact) mass is 300 g/mol. The maximum Gasteiger partial charge on any atom is 0.417 e. The summed E-state index contributed by atoms with van der Waals surface area (Å²) in [6, 6.07) is 0.786. The van der Waals surface area contributed by atoms with Crippen LogP contribution in [0.5, 0.6) is 0 Å². The molecule has 7 heteroatoms. The lowest BCUT2D eigenvalue weighted by atomic mass is 9.95. The molecule has 2 N–H and O–H groups in total. The lowest BCUT2D eigenvalue weighted by Crippen LogP contribution is -2.28. The third-order valence-electron chi connectivity index (χ3n) is 2.43. The van der Waals surface area contributed by atoms with Crippen LogP contribution >= 0.6 is 0 Å². The smallest absolute Gasteiger partial charge is 0.384 e. The lowest BCUT2D eigenvalue weighted by molar-refractivity contribution is -0.137. The first kappa shape index (κ1) is 17.0. The minimum atomic E-state index is -4.56. The van der Waals surface area contributed by atoms with Crippen molar-refractivity contribution in [1.82, 2.24) is 4.98 Å². The Morgan fingerprint density at radius 2 is 2.00 bits per heavy atom. The number of aromatic nitrogens is 1. The molecule has 114 valence electrons. The molecule has 0 radical (unpaired) electrons. The Morgan fingerprint density at radius 1 is 1.38 bits per heavy atom. The number of alkyl halides is 3. The van der Waals surface area contributed by atoms with Crippen molar-refractivity contribution in [1.29, 1.82) is 0 Å². The van der Waals surface area contributed by atoms with Gasteiger partial charge in [-0.2, -0.15) is 13.2 Å². The van der Waals surface area contributed by atoms with E-state index >= 15 is 0 Å². The zero-order chi connectivity index (χ0) is 16.3. The highest BCUT2D eigenvalue weighted by Gasteiger charge is 2.32. The maximum absolute atomic E-state index is 12.6. The molecule has 0 saturated carbocycles. The van der Waals surface area contributed by atoms with Gasteiger partial charge in [0, 0.05) is 11.6 Å². The number of amides is 1. The van der Waals surface area contributed by atoms with E-state index in [1.807, 2.05) is 0 Å². The molecule has 4 nitrogen and oxygen atoms in total. The van der Waals surface area contributed by atoms with Crippen molar-refractivity contribution in [3.8, 4) is 11.8 Å². The number of rotatable bonds is 1. The van der Waals surface area contributed by atoms with Gasteiger partial charge in [-0.05, 0) is 6.07 Å². The summed E-state index contributed by atoms with van der Waals surface area (Å²) in [5.41, 5.74) is -1.80. The van der Waals surface area contributed by atoms with Gasteiger partial charge in [-0.3, -0.25) is 4.79 Å². The summed E-state index contributed by atoms with van der Waals surface area (Å²) in [6.07, 6.45) is -3.93. The summed E-state index contributed by atoms with van der Waals surface area (Å²) < 4.78 is 37.9. The molecule has 0 atom stereocenters. The predicted octanol–water partition coefficient (Wildman–Crippen LogP) is 2.43. The molecule has 0 aliphatic carbocycles.